The Hall–Kier alpha value is -1.21. The summed E-state index contributed by atoms with van der Waals surface area (Å²) < 4.78 is -0.352. The van der Waals surface area contributed by atoms with Crippen molar-refractivity contribution in [2.75, 3.05) is 19.3 Å². The van der Waals surface area contributed by atoms with Crippen molar-refractivity contribution in [1.29, 1.82) is 0 Å². The first-order valence-electron chi connectivity index (χ1n) is 6.39. The number of carbonyl (C=O) groups is 1. The highest BCUT2D eigenvalue weighted by atomic mass is 32.2. The predicted octanol–water partition coefficient (Wildman–Crippen LogP) is 2.14. The molecule has 0 unspecified atom stereocenters. The van der Waals surface area contributed by atoms with Crippen LogP contribution in [0.15, 0.2) is 15.9 Å². The zero-order valence-electron chi connectivity index (χ0n) is 11.6. The van der Waals surface area contributed by atoms with Crippen molar-refractivity contribution in [3.63, 3.8) is 0 Å². The number of thioether (sulfide) groups is 1. The maximum Gasteiger partial charge on any atom is 0.254 e. The minimum Gasteiger partial charge on any atom is -0.409 e. The molecule has 0 spiro atoms. The van der Waals surface area contributed by atoms with Crippen molar-refractivity contribution in [3.05, 3.63) is 21.9 Å². The van der Waals surface area contributed by atoms with E-state index >= 15 is 0 Å². The van der Waals surface area contributed by atoms with Crippen LogP contribution in [0, 0.1) is 6.92 Å². The van der Waals surface area contributed by atoms with Gasteiger partial charge < -0.3 is 15.8 Å². The second-order valence-electron chi connectivity index (χ2n) is 4.94. The van der Waals surface area contributed by atoms with Gasteiger partial charge in [0, 0.05) is 18.5 Å². The van der Waals surface area contributed by atoms with Crippen molar-refractivity contribution in [2.45, 2.75) is 24.5 Å². The van der Waals surface area contributed by atoms with Gasteiger partial charge in [0.2, 0.25) is 0 Å². The molecular formula is C13H19N3O2S2. The highest BCUT2D eigenvalue weighted by Crippen LogP contribution is 2.35. The molecule has 3 N–H and O–H groups in total. The molecule has 1 aliphatic rings. The van der Waals surface area contributed by atoms with Crippen molar-refractivity contribution in [1.82, 2.24) is 4.90 Å². The van der Waals surface area contributed by atoms with Gasteiger partial charge in [0.25, 0.3) is 5.91 Å². The van der Waals surface area contributed by atoms with E-state index in [0.29, 0.717) is 25.9 Å². The average Bonchev–Trinajstić information content (AvgIpc) is 2.91. The molecule has 5 nitrogen and oxygen atoms in total. The molecule has 7 heteroatoms. The third-order valence-electron chi connectivity index (χ3n) is 3.91. The summed E-state index contributed by atoms with van der Waals surface area (Å²) in [6.45, 7) is 3.21. The summed E-state index contributed by atoms with van der Waals surface area (Å²) in [5.74, 6) is 0.335. The van der Waals surface area contributed by atoms with Crippen LogP contribution in [-0.4, -0.2) is 45.9 Å². The van der Waals surface area contributed by atoms with E-state index in [4.69, 9.17) is 10.9 Å². The number of carbonyl (C=O) groups excluding carboxylic acids is 1. The Morgan fingerprint density at radius 2 is 2.15 bits per heavy atom. The molecule has 1 amide bonds. The Morgan fingerprint density at radius 1 is 1.50 bits per heavy atom. The molecule has 0 bridgehead atoms. The van der Waals surface area contributed by atoms with Gasteiger partial charge in [-0.15, -0.1) is 0 Å². The Kier molecular flexibility index (Phi) is 4.59. The average molecular weight is 313 g/mol. The number of nitrogens with zero attached hydrogens (tertiary/aromatic N) is 2. The monoisotopic (exact) mass is 313 g/mol. The topological polar surface area (TPSA) is 78.9 Å². The molecule has 20 heavy (non-hydrogen) atoms. The number of nitrogens with two attached hydrogens (primary N) is 1. The minimum atomic E-state index is -0.352. The van der Waals surface area contributed by atoms with Gasteiger partial charge in [-0.1, -0.05) is 5.16 Å². The number of hydrogen-bond acceptors (Lipinski definition) is 5. The summed E-state index contributed by atoms with van der Waals surface area (Å²) >= 11 is 3.14. The van der Waals surface area contributed by atoms with E-state index in [0.717, 1.165) is 11.1 Å². The summed E-state index contributed by atoms with van der Waals surface area (Å²) in [5.41, 5.74) is 7.62. The fourth-order valence-corrected chi connectivity index (χ4v) is 4.14. The molecule has 1 aliphatic heterocycles. The van der Waals surface area contributed by atoms with Crippen LogP contribution < -0.4 is 5.73 Å². The number of amidine groups is 1. The smallest absolute Gasteiger partial charge is 0.254 e. The molecule has 1 saturated heterocycles. The molecule has 110 valence electrons. The lowest BCUT2D eigenvalue weighted by Gasteiger charge is -2.39. The molecule has 2 rings (SSSR count). The maximum absolute atomic E-state index is 12.4. The summed E-state index contributed by atoms with van der Waals surface area (Å²) in [5, 5.41) is 16.0. The molecule has 0 atom stereocenters. The van der Waals surface area contributed by atoms with E-state index < -0.39 is 0 Å². The summed E-state index contributed by atoms with van der Waals surface area (Å²) in [4.78, 5) is 14.3. The first-order chi connectivity index (χ1) is 9.54. The Bertz CT molecular complexity index is 519. The Labute approximate surface area is 126 Å². The summed E-state index contributed by atoms with van der Waals surface area (Å²) in [6, 6.07) is 0. The second kappa shape index (κ2) is 6.05. The molecule has 1 aromatic rings. The van der Waals surface area contributed by atoms with Crippen LogP contribution in [0.2, 0.25) is 0 Å². The number of hydrogen-bond donors (Lipinski definition) is 2. The Balaban J connectivity index is 2.08. The van der Waals surface area contributed by atoms with Gasteiger partial charge in [-0.3, -0.25) is 4.79 Å². The number of amides is 1. The Morgan fingerprint density at radius 3 is 2.60 bits per heavy atom. The third kappa shape index (κ3) is 2.64. The molecule has 0 aliphatic carbocycles. The zero-order chi connectivity index (χ0) is 14.8. The van der Waals surface area contributed by atoms with Crippen molar-refractivity contribution < 1.29 is 10.0 Å². The fourth-order valence-electron chi connectivity index (χ4n) is 2.48. The van der Waals surface area contributed by atoms with E-state index in [1.54, 1.807) is 23.1 Å². The molecule has 1 aromatic heterocycles. The third-order valence-corrected chi connectivity index (χ3v) is 6.17. The van der Waals surface area contributed by atoms with Crippen LogP contribution >= 0.6 is 23.1 Å². The van der Waals surface area contributed by atoms with Gasteiger partial charge >= 0.3 is 0 Å². The normalized spacial score (nSPS) is 19.1. The van der Waals surface area contributed by atoms with Gasteiger partial charge in [-0.25, -0.2) is 0 Å². The van der Waals surface area contributed by atoms with Crippen molar-refractivity contribution in [3.8, 4) is 0 Å². The van der Waals surface area contributed by atoms with Crippen LogP contribution in [0.3, 0.4) is 0 Å². The fraction of sp³-hybridized carbons (Fsp3) is 0.538. The van der Waals surface area contributed by atoms with Gasteiger partial charge in [0.1, 0.15) is 0 Å². The molecular weight excluding hydrogens is 294 g/mol. The summed E-state index contributed by atoms with van der Waals surface area (Å²) in [6.07, 6.45) is 3.37. The van der Waals surface area contributed by atoms with Crippen LogP contribution in [0.4, 0.5) is 0 Å². The van der Waals surface area contributed by atoms with Gasteiger partial charge in [-0.05, 0) is 37.0 Å². The molecule has 0 aromatic carbocycles. The lowest BCUT2D eigenvalue weighted by Crippen LogP contribution is -2.51. The van der Waals surface area contributed by atoms with E-state index in [2.05, 4.69) is 5.16 Å². The van der Waals surface area contributed by atoms with Gasteiger partial charge in [-0.2, -0.15) is 23.1 Å². The quantitative estimate of drug-likeness (QED) is 0.388. The molecule has 1 fully saturated rings. The first kappa shape index (κ1) is 15.2. The van der Waals surface area contributed by atoms with Crippen LogP contribution in [0.25, 0.3) is 0 Å². The summed E-state index contributed by atoms with van der Waals surface area (Å²) in [7, 11) is 0. The van der Waals surface area contributed by atoms with Gasteiger partial charge in [0.05, 0.1) is 10.3 Å². The number of aryl methyl sites for hydroxylation is 1. The first-order valence-corrected chi connectivity index (χ1v) is 8.56. The number of oxime groups is 1. The molecule has 0 saturated carbocycles. The van der Waals surface area contributed by atoms with E-state index in [1.807, 2.05) is 28.8 Å². The minimum absolute atomic E-state index is 0.0814. The van der Waals surface area contributed by atoms with E-state index in [-0.39, 0.29) is 16.5 Å². The molecule has 0 radical (unpaired) electrons. The number of piperidine rings is 1. The number of likely N-dealkylation sites (tertiary alicyclic amines) is 1. The van der Waals surface area contributed by atoms with E-state index in [1.165, 1.54) is 0 Å². The number of rotatable bonds is 3. The van der Waals surface area contributed by atoms with Crippen LogP contribution in [-0.2, 0) is 0 Å². The standard InChI is InChI=1S/C13H19N3O2S2/c1-9-7-20-8-10(9)11(17)16-5-3-13(19-2,4-6-16)12(14)15-18/h7-8,18H,3-6H2,1-2H3,(H2,14,15). The highest BCUT2D eigenvalue weighted by Gasteiger charge is 2.39. The molecule has 2 heterocycles. The van der Waals surface area contributed by atoms with Crippen LogP contribution in [0.1, 0.15) is 28.8 Å². The second-order valence-corrected chi connectivity index (χ2v) is 6.88. The SMILES string of the molecule is CSC1(C(N)=NO)CCN(C(=O)c2cscc2C)CC1. The van der Waals surface area contributed by atoms with Crippen molar-refractivity contribution >= 4 is 34.8 Å². The zero-order valence-corrected chi connectivity index (χ0v) is 13.3. The lowest BCUT2D eigenvalue weighted by atomic mass is 9.94. The predicted molar refractivity (Wildman–Crippen MR) is 83.8 cm³/mol. The maximum atomic E-state index is 12.4. The van der Waals surface area contributed by atoms with Crippen molar-refractivity contribution in [2.24, 2.45) is 10.9 Å². The largest absolute Gasteiger partial charge is 0.409 e. The van der Waals surface area contributed by atoms with E-state index in [9.17, 15) is 4.79 Å². The van der Waals surface area contributed by atoms with Gasteiger partial charge in [0.15, 0.2) is 5.84 Å². The van der Waals surface area contributed by atoms with Crippen LogP contribution in [0.5, 0.6) is 0 Å². The highest BCUT2D eigenvalue weighted by molar-refractivity contribution is 8.00. The lowest BCUT2D eigenvalue weighted by molar-refractivity contribution is 0.0717. The number of thiophene rings is 1.